The molecule has 4 aliphatic carbocycles. The number of methoxy groups -OCH3 is 1. The first kappa shape index (κ1) is 37.8. The van der Waals surface area contributed by atoms with E-state index in [0.29, 0.717) is 24.8 Å². The Kier molecular flexibility index (Phi) is 11.2. The topological polar surface area (TPSA) is 205 Å². The van der Waals surface area contributed by atoms with Gasteiger partial charge in [0.05, 0.1) is 25.2 Å². The second kappa shape index (κ2) is 15.1. The minimum absolute atomic E-state index is 0.00203. The molecule has 15 nitrogen and oxygen atoms in total. The Hall–Kier alpha value is -4.41. The number of esters is 2. The number of Topliss-reactive ketones (excluding diaryl/α,β-unsaturated/α-hetero) is 1. The molecule has 7 atom stereocenters. The first-order chi connectivity index (χ1) is 24.2. The molecule has 0 heterocycles. The zero-order chi connectivity index (χ0) is 37.1. The maximum atomic E-state index is 14.2. The largest absolute Gasteiger partial charge is 0.509 e. The summed E-state index contributed by atoms with van der Waals surface area (Å²) < 4.78 is 26.7. The normalized spacial score (nSPS) is 30.9. The molecule has 5 rings (SSSR count). The average molecular weight is 714 g/mol. The number of rotatable bonds is 12. The lowest BCUT2D eigenvalue weighted by atomic mass is 9.46. The van der Waals surface area contributed by atoms with Gasteiger partial charge in [-0.25, -0.2) is 19.2 Å². The summed E-state index contributed by atoms with van der Waals surface area (Å²) in [7, 11) is 1.32. The molecule has 51 heavy (non-hydrogen) atoms. The van der Waals surface area contributed by atoms with Crippen LogP contribution in [0, 0.1) is 28.6 Å². The third kappa shape index (κ3) is 7.35. The van der Waals surface area contributed by atoms with E-state index in [0.717, 1.165) is 11.6 Å². The maximum Gasteiger partial charge on any atom is 0.509 e. The predicted molar refractivity (Wildman–Crippen MR) is 174 cm³/mol. The van der Waals surface area contributed by atoms with E-state index in [4.69, 9.17) is 34.1 Å². The number of ether oxygens (including phenoxy) is 5. The number of nitrogens with zero attached hydrogens (tertiary/aromatic N) is 1. The van der Waals surface area contributed by atoms with Crippen LogP contribution in [0.4, 0.5) is 4.79 Å². The fourth-order valence-corrected chi connectivity index (χ4v) is 8.89. The maximum absolute atomic E-state index is 14.2. The number of aliphatic hydroxyl groups excluding tert-OH is 1. The smallest absolute Gasteiger partial charge is 0.493 e. The highest BCUT2D eigenvalue weighted by molar-refractivity contribution is 6.01. The highest BCUT2D eigenvalue weighted by Crippen LogP contribution is 2.68. The van der Waals surface area contributed by atoms with E-state index < -0.39 is 65.0 Å². The third-order valence-corrected chi connectivity index (χ3v) is 11.1. The van der Waals surface area contributed by atoms with Crippen LogP contribution in [0.3, 0.4) is 0 Å². The molecule has 1 aromatic carbocycles. The Bertz CT molecular complexity index is 1650. The second-order valence-corrected chi connectivity index (χ2v) is 13.6. The van der Waals surface area contributed by atoms with Gasteiger partial charge in [-0.15, -0.1) is 0 Å². The van der Waals surface area contributed by atoms with Gasteiger partial charge in [0.1, 0.15) is 0 Å². The fourth-order valence-electron chi connectivity index (χ4n) is 8.89. The van der Waals surface area contributed by atoms with Gasteiger partial charge in [-0.05, 0) is 86.8 Å². The number of hydrogen-bond donors (Lipinski definition) is 3. The fraction of sp³-hybridized carbons (Fsp3) is 0.528. The number of benzene rings is 1. The van der Waals surface area contributed by atoms with Gasteiger partial charge in [0.15, 0.2) is 36.1 Å². The van der Waals surface area contributed by atoms with Crippen LogP contribution in [0.2, 0.25) is 0 Å². The molecule has 0 spiro atoms. The van der Waals surface area contributed by atoms with Crippen LogP contribution in [0.25, 0.3) is 6.08 Å². The van der Waals surface area contributed by atoms with E-state index in [1.165, 1.54) is 31.4 Å². The van der Waals surface area contributed by atoms with Crippen molar-refractivity contribution in [2.75, 3.05) is 26.9 Å². The van der Waals surface area contributed by atoms with Crippen molar-refractivity contribution >= 4 is 35.7 Å². The molecule has 0 aliphatic heterocycles. The number of carbonyl (C=O) groups is 5. The van der Waals surface area contributed by atoms with Gasteiger partial charge in [-0.2, -0.15) is 0 Å². The Morgan fingerprint density at radius 2 is 1.82 bits per heavy atom. The minimum Gasteiger partial charge on any atom is -0.493 e. The lowest BCUT2D eigenvalue weighted by molar-refractivity contribution is -0.489. The number of hydrogen-bond acceptors (Lipinski definition) is 15. The lowest BCUT2D eigenvalue weighted by Crippen LogP contribution is -2.63. The molecule has 0 saturated heterocycles. The summed E-state index contributed by atoms with van der Waals surface area (Å²) in [6.07, 6.45) is 7.87. The Morgan fingerprint density at radius 3 is 2.53 bits per heavy atom. The Morgan fingerprint density at radius 1 is 1.06 bits per heavy atom. The van der Waals surface area contributed by atoms with Crippen molar-refractivity contribution in [3.63, 3.8) is 0 Å². The molecule has 0 aromatic heterocycles. The van der Waals surface area contributed by atoms with Gasteiger partial charge < -0.3 is 28.8 Å². The van der Waals surface area contributed by atoms with Crippen molar-refractivity contribution in [2.24, 2.45) is 28.6 Å². The molecule has 0 amide bonds. The van der Waals surface area contributed by atoms with Crippen LogP contribution >= 0.6 is 0 Å². The van der Waals surface area contributed by atoms with Gasteiger partial charge in [0.25, 0.3) is 0 Å². The zero-order valence-electron chi connectivity index (χ0n) is 28.9. The summed E-state index contributed by atoms with van der Waals surface area (Å²) in [5.74, 6) is -2.75. The molecule has 0 bridgehead atoms. The highest BCUT2D eigenvalue weighted by atomic mass is 17.1. The molecule has 276 valence electrons. The van der Waals surface area contributed by atoms with E-state index in [2.05, 4.69) is 4.84 Å². The summed E-state index contributed by atoms with van der Waals surface area (Å²) >= 11 is 0. The van der Waals surface area contributed by atoms with Crippen LogP contribution in [0.1, 0.15) is 58.4 Å². The van der Waals surface area contributed by atoms with Crippen LogP contribution in [-0.2, 0) is 38.2 Å². The van der Waals surface area contributed by atoms with Gasteiger partial charge in [-0.1, -0.05) is 31.6 Å². The van der Waals surface area contributed by atoms with E-state index in [1.54, 1.807) is 19.1 Å². The van der Waals surface area contributed by atoms with Gasteiger partial charge in [-0.3, -0.25) is 20.0 Å². The molecular formula is C36H43NO14. The van der Waals surface area contributed by atoms with Crippen molar-refractivity contribution in [1.29, 1.82) is 0 Å². The summed E-state index contributed by atoms with van der Waals surface area (Å²) in [5.41, 5.74) is -1.82. The van der Waals surface area contributed by atoms with Gasteiger partial charge >= 0.3 is 18.1 Å². The van der Waals surface area contributed by atoms with Crippen molar-refractivity contribution in [2.45, 2.75) is 64.6 Å². The van der Waals surface area contributed by atoms with Gasteiger partial charge in [0.2, 0.25) is 5.78 Å². The van der Waals surface area contributed by atoms with E-state index in [-0.39, 0.29) is 54.5 Å². The number of carbonyl (C=O) groups excluding carboxylic acids is 5. The molecule has 0 unspecified atom stereocenters. The average Bonchev–Trinajstić information content (AvgIpc) is 3.37. The number of allylic oxidation sites excluding steroid dienone is 4. The number of fused-ring (bicyclic) bond motifs is 5. The first-order valence-electron chi connectivity index (χ1n) is 16.7. The monoisotopic (exact) mass is 713 g/mol. The Labute approximate surface area is 294 Å². The van der Waals surface area contributed by atoms with E-state index >= 15 is 0 Å². The molecule has 3 N–H and O–H groups in total. The minimum atomic E-state index is -1.73. The van der Waals surface area contributed by atoms with Crippen molar-refractivity contribution in [1.82, 2.24) is 5.39 Å². The van der Waals surface area contributed by atoms with Crippen molar-refractivity contribution in [3.8, 4) is 11.5 Å². The third-order valence-electron chi connectivity index (χ3n) is 11.1. The quantitative estimate of drug-likeness (QED) is 0.122. The zero-order valence-corrected chi connectivity index (χ0v) is 28.9. The molecule has 1 aromatic rings. The van der Waals surface area contributed by atoms with E-state index in [9.17, 15) is 29.1 Å². The lowest BCUT2D eigenvalue weighted by Gasteiger charge is -2.59. The van der Waals surface area contributed by atoms with E-state index in [1.807, 2.05) is 19.9 Å². The van der Waals surface area contributed by atoms with Crippen LogP contribution in [0.15, 0.2) is 48.1 Å². The number of ketones is 2. The molecule has 4 aliphatic rings. The summed E-state index contributed by atoms with van der Waals surface area (Å²) in [5, 5.41) is 28.3. The molecule has 15 heteroatoms. The highest BCUT2D eigenvalue weighted by Gasteiger charge is 2.70. The van der Waals surface area contributed by atoms with Crippen LogP contribution < -0.4 is 9.47 Å². The molecule has 3 saturated carbocycles. The Balaban J connectivity index is 1.31. The summed E-state index contributed by atoms with van der Waals surface area (Å²) in [4.78, 5) is 68.1. The van der Waals surface area contributed by atoms with Gasteiger partial charge in [0, 0.05) is 22.8 Å². The molecule has 0 radical (unpaired) electrons. The molecular weight excluding hydrogens is 670 g/mol. The van der Waals surface area contributed by atoms with Crippen molar-refractivity contribution < 1.29 is 68.0 Å². The van der Waals surface area contributed by atoms with Crippen LogP contribution in [-0.4, -0.2) is 89.2 Å². The molecule has 3 fully saturated rings. The number of aliphatic hydroxyl groups is 1. The predicted octanol–water partition coefficient (Wildman–Crippen LogP) is 3.93. The first-order valence-corrected chi connectivity index (χ1v) is 16.7. The SMILES string of the molecule is CCOC(=O)O[C@]1(C(=O)COC(=O)/C=C/c2ccc(OC(=O)CON(O)O)c(OC)c2)CC[C@H]2[C@@H]3CCC4=CC(=O)C=C[C@]4(C)[C@H]3[C@@H](O)C[C@@]21C. The summed E-state index contributed by atoms with van der Waals surface area (Å²) in [6, 6.07) is 4.34. The van der Waals surface area contributed by atoms with Crippen molar-refractivity contribution in [3.05, 3.63) is 53.6 Å². The standard InChI is InChI=1S/C36H43NO14/c1-5-47-33(43)51-36(15-13-25-24-9-8-22-17-23(38)12-14-34(22,2)32(24)26(39)18-35(25,36)3)29(40)19-48-30(41)11-7-21-6-10-27(28(16-21)46-4)50-31(42)20-49-37(44)45/h6-7,10-12,14,16-17,24-26,32,39,44-45H,5,8-9,13,15,18-20H2,1-4H3/b11-7+/t24-,25-,26-,32+,34-,35-,36-/m0/s1. The second-order valence-electron chi connectivity index (χ2n) is 13.6. The summed E-state index contributed by atoms with van der Waals surface area (Å²) in [6.45, 7) is 4.03. The van der Waals surface area contributed by atoms with Crippen LogP contribution in [0.5, 0.6) is 11.5 Å².